The Bertz CT molecular complexity index is 630. The van der Waals surface area contributed by atoms with E-state index in [4.69, 9.17) is 28.3 Å². The van der Waals surface area contributed by atoms with Crippen LogP contribution >= 0.6 is 23.2 Å². The van der Waals surface area contributed by atoms with Crippen LogP contribution in [0.5, 0.6) is 0 Å². The van der Waals surface area contributed by atoms with Crippen LogP contribution in [0.3, 0.4) is 0 Å². The molecule has 6 heteroatoms. The predicted octanol–water partition coefficient (Wildman–Crippen LogP) is 3.72. The first kappa shape index (κ1) is 14.6. The van der Waals surface area contributed by atoms with E-state index in [1.807, 2.05) is 24.1 Å². The van der Waals surface area contributed by atoms with Gasteiger partial charge in [0.05, 0.1) is 5.56 Å². The Hall–Kier alpha value is -1.78. The minimum atomic E-state index is -1.03. The van der Waals surface area contributed by atoms with E-state index in [2.05, 4.69) is 4.98 Å². The number of pyridine rings is 1. The summed E-state index contributed by atoms with van der Waals surface area (Å²) in [6, 6.07) is 10.2. The van der Waals surface area contributed by atoms with Gasteiger partial charge in [0.1, 0.15) is 11.0 Å². The van der Waals surface area contributed by atoms with Gasteiger partial charge < -0.3 is 10.0 Å². The van der Waals surface area contributed by atoms with Crippen molar-refractivity contribution in [2.45, 2.75) is 6.54 Å². The highest BCUT2D eigenvalue weighted by atomic mass is 35.5. The van der Waals surface area contributed by atoms with Crippen LogP contribution in [0.1, 0.15) is 15.9 Å². The van der Waals surface area contributed by atoms with Crippen molar-refractivity contribution in [2.24, 2.45) is 0 Å². The lowest BCUT2D eigenvalue weighted by molar-refractivity contribution is 0.0697. The SMILES string of the molecule is CN(Cc1ccc(Cl)cc1)c1cc(C(=O)O)cc(Cl)n1. The number of carboxylic acid groups (broad SMARTS) is 1. The molecular weight excluding hydrogens is 299 g/mol. The molecule has 0 aliphatic rings. The number of benzene rings is 1. The molecule has 0 aliphatic carbocycles. The molecule has 1 N–H and O–H groups in total. The average molecular weight is 311 g/mol. The summed E-state index contributed by atoms with van der Waals surface area (Å²) < 4.78 is 0. The molecule has 2 aromatic rings. The van der Waals surface area contributed by atoms with Crippen molar-refractivity contribution >= 4 is 35.0 Å². The number of carboxylic acids is 1. The van der Waals surface area contributed by atoms with Gasteiger partial charge in [-0.3, -0.25) is 0 Å². The van der Waals surface area contributed by atoms with Crippen molar-refractivity contribution in [3.8, 4) is 0 Å². The summed E-state index contributed by atoms with van der Waals surface area (Å²) in [6.07, 6.45) is 0. The highest BCUT2D eigenvalue weighted by molar-refractivity contribution is 6.30. The van der Waals surface area contributed by atoms with Crippen LogP contribution in [0, 0.1) is 0 Å². The maximum Gasteiger partial charge on any atom is 0.335 e. The highest BCUT2D eigenvalue weighted by Gasteiger charge is 2.11. The lowest BCUT2D eigenvalue weighted by Gasteiger charge is -2.19. The first-order chi connectivity index (χ1) is 9.45. The van der Waals surface area contributed by atoms with Crippen LogP contribution in [-0.4, -0.2) is 23.1 Å². The van der Waals surface area contributed by atoms with Crippen LogP contribution in [-0.2, 0) is 6.54 Å². The summed E-state index contributed by atoms with van der Waals surface area (Å²) in [5.41, 5.74) is 1.15. The molecule has 0 unspecified atom stereocenters. The molecule has 0 aliphatic heterocycles. The number of aromatic nitrogens is 1. The van der Waals surface area contributed by atoms with E-state index < -0.39 is 5.97 Å². The highest BCUT2D eigenvalue weighted by Crippen LogP contribution is 2.19. The van der Waals surface area contributed by atoms with Crippen LogP contribution in [0.2, 0.25) is 10.2 Å². The van der Waals surface area contributed by atoms with E-state index in [1.54, 1.807) is 12.1 Å². The summed E-state index contributed by atoms with van der Waals surface area (Å²) in [7, 11) is 1.82. The summed E-state index contributed by atoms with van der Waals surface area (Å²) in [4.78, 5) is 17.0. The second-order valence-corrected chi connectivity index (χ2v) is 5.15. The minimum Gasteiger partial charge on any atom is -0.478 e. The van der Waals surface area contributed by atoms with E-state index in [9.17, 15) is 4.79 Å². The van der Waals surface area contributed by atoms with E-state index in [1.165, 1.54) is 12.1 Å². The number of hydrogen-bond acceptors (Lipinski definition) is 3. The van der Waals surface area contributed by atoms with Crippen LogP contribution < -0.4 is 4.90 Å². The number of aromatic carboxylic acids is 1. The zero-order valence-corrected chi connectivity index (χ0v) is 12.2. The molecule has 0 atom stereocenters. The molecule has 2 rings (SSSR count). The first-order valence-electron chi connectivity index (χ1n) is 5.82. The Morgan fingerprint density at radius 2 is 1.90 bits per heavy atom. The average Bonchev–Trinajstić information content (AvgIpc) is 2.40. The number of carbonyl (C=O) groups is 1. The van der Waals surface area contributed by atoms with Gasteiger partial charge >= 0.3 is 5.97 Å². The van der Waals surface area contributed by atoms with Crippen LogP contribution in [0.4, 0.5) is 5.82 Å². The Kier molecular flexibility index (Phi) is 4.47. The zero-order chi connectivity index (χ0) is 14.7. The van der Waals surface area contributed by atoms with Crippen molar-refractivity contribution in [2.75, 3.05) is 11.9 Å². The smallest absolute Gasteiger partial charge is 0.335 e. The lowest BCUT2D eigenvalue weighted by Crippen LogP contribution is -2.18. The van der Waals surface area contributed by atoms with Crippen LogP contribution in [0.25, 0.3) is 0 Å². The van der Waals surface area contributed by atoms with Gasteiger partial charge in [-0.05, 0) is 29.8 Å². The minimum absolute atomic E-state index is 0.114. The fraction of sp³-hybridized carbons (Fsp3) is 0.143. The number of anilines is 1. The van der Waals surface area contributed by atoms with Crippen molar-refractivity contribution in [3.63, 3.8) is 0 Å². The summed E-state index contributed by atoms with van der Waals surface area (Å²) in [5, 5.41) is 9.84. The maximum absolute atomic E-state index is 11.0. The van der Waals surface area contributed by atoms with E-state index in [0.717, 1.165) is 5.56 Å². The van der Waals surface area contributed by atoms with Crippen molar-refractivity contribution in [3.05, 3.63) is 57.7 Å². The van der Waals surface area contributed by atoms with E-state index in [0.29, 0.717) is 17.4 Å². The normalized spacial score (nSPS) is 10.3. The summed E-state index contributed by atoms with van der Waals surface area (Å²) >= 11 is 11.7. The maximum atomic E-state index is 11.0. The fourth-order valence-electron chi connectivity index (χ4n) is 1.75. The number of halogens is 2. The summed E-state index contributed by atoms with van der Waals surface area (Å²) in [6.45, 7) is 0.573. The van der Waals surface area contributed by atoms with Gasteiger partial charge in [-0.15, -0.1) is 0 Å². The molecule has 1 heterocycles. The number of rotatable bonds is 4. The second-order valence-electron chi connectivity index (χ2n) is 4.32. The molecule has 0 saturated heterocycles. The molecule has 104 valence electrons. The third-order valence-electron chi connectivity index (χ3n) is 2.75. The molecule has 20 heavy (non-hydrogen) atoms. The van der Waals surface area contributed by atoms with E-state index in [-0.39, 0.29) is 10.7 Å². The third kappa shape index (κ3) is 3.62. The van der Waals surface area contributed by atoms with Crippen molar-refractivity contribution < 1.29 is 9.90 Å². The molecule has 0 fully saturated rings. The van der Waals surface area contributed by atoms with Gasteiger partial charge in [-0.25, -0.2) is 9.78 Å². The second kappa shape index (κ2) is 6.11. The molecule has 0 radical (unpaired) electrons. The molecule has 4 nitrogen and oxygen atoms in total. The molecular formula is C14H12Cl2N2O2. The van der Waals surface area contributed by atoms with Gasteiger partial charge in [0.25, 0.3) is 0 Å². The Balaban J connectivity index is 2.22. The van der Waals surface area contributed by atoms with Crippen LogP contribution in [0.15, 0.2) is 36.4 Å². The van der Waals surface area contributed by atoms with Gasteiger partial charge in [-0.1, -0.05) is 35.3 Å². The van der Waals surface area contributed by atoms with Gasteiger partial charge in [0, 0.05) is 18.6 Å². The number of nitrogens with zero attached hydrogens (tertiary/aromatic N) is 2. The van der Waals surface area contributed by atoms with Crippen molar-refractivity contribution in [1.82, 2.24) is 4.98 Å². The van der Waals surface area contributed by atoms with Gasteiger partial charge in [-0.2, -0.15) is 0 Å². The molecule has 1 aromatic heterocycles. The number of hydrogen-bond donors (Lipinski definition) is 1. The van der Waals surface area contributed by atoms with Gasteiger partial charge in [0.15, 0.2) is 0 Å². The zero-order valence-electron chi connectivity index (χ0n) is 10.7. The summed E-state index contributed by atoms with van der Waals surface area (Å²) in [5.74, 6) is -0.528. The molecule has 1 aromatic carbocycles. The molecule has 0 spiro atoms. The monoisotopic (exact) mass is 310 g/mol. The molecule has 0 bridgehead atoms. The quantitative estimate of drug-likeness (QED) is 0.874. The molecule has 0 saturated carbocycles. The van der Waals surface area contributed by atoms with E-state index >= 15 is 0 Å². The van der Waals surface area contributed by atoms with Crippen molar-refractivity contribution in [1.29, 1.82) is 0 Å². The van der Waals surface area contributed by atoms with Gasteiger partial charge in [0.2, 0.25) is 0 Å². The third-order valence-corrected chi connectivity index (χ3v) is 3.20. The molecule has 0 amide bonds. The fourth-order valence-corrected chi connectivity index (χ4v) is 2.08. The first-order valence-corrected chi connectivity index (χ1v) is 6.58. The Labute approximate surface area is 126 Å². The lowest BCUT2D eigenvalue weighted by atomic mass is 10.2. The predicted molar refractivity (Wildman–Crippen MR) is 79.8 cm³/mol. The Morgan fingerprint density at radius 1 is 1.25 bits per heavy atom. The standard InChI is InChI=1S/C14H12Cl2N2O2/c1-18(8-9-2-4-11(15)5-3-9)13-7-10(14(19)20)6-12(16)17-13/h2-7H,8H2,1H3,(H,19,20). The largest absolute Gasteiger partial charge is 0.478 e. The topological polar surface area (TPSA) is 53.4 Å². The Morgan fingerprint density at radius 3 is 2.50 bits per heavy atom.